The van der Waals surface area contributed by atoms with Crippen LogP contribution in [-0.2, 0) is 0 Å². The summed E-state index contributed by atoms with van der Waals surface area (Å²) in [6.45, 7) is 2.13. The smallest absolute Gasteiger partial charge is 0.191 e. The maximum absolute atomic E-state index is 4.31. The molecular weight excluding hydrogens is 443 g/mol. The second kappa shape index (κ2) is 7.67. The molecule has 2 aliphatic rings. The van der Waals surface area contributed by atoms with Crippen molar-refractivity contribution in [3.8, 4) is 0 Å². The number of benzene rings is 1. The van der Waals surface area contributed by atoms with Crippen LogP contribution in [0.2, 0.25) is 0 Å². The molecule has 1 heterocycles. The summed E-state index contributed by atoms with van der Waals surface area (Å²) in [6.07, 6.45) is 3.70. The third kappa shape index (κ3) is 4.74. The van der Waals surface area contributed by atoms with E-state index in [4.69, 9.17) is 0 Å². The Bertz CT molecular complexity index is 487. The molecule has 4 nitrogen and oxygen atoms in total. The zero-order chi connectivity index (χ0) is 13.9. The first-order valence-corrected chi connectivity index (χ1v) is 8.04. The summed E-state index contributed by atoms with van der Waals surface area (Å²) < 4.78 is 1.13. The summed E-state index contributed by atoms with van der Waals surface area (Å²) >= 11 is 3.48. The molecule has 2 fully saturated rings. The molecule has 0 aromatic heterocycles. The van der Waals surface area contributed by atoms with E-state index < -0.39 is 0 Å². The van der Waals surface area contributed by atoms with Gasteiger partial charge in [0.05, 0.1) is 0 Å². The van der Waals surface area contributed by atoms with Crippen molar-refractivity contribution in [3.63, 3.8) is 0 Å². The van der Waals surface area contributed by atoms with E-state index in [-0.39, 0.29) is 24.0 Å². The molecule has 116 valence electrons. The average molecular weight is 465 g/mol. The minimum absolute atomic E-state index is 0. The van der Waals surface area contributed by atoms with Crippen molar-refractivity contribution < 1.29 is 0 Å². The highest BCUT2D eigenvalue weighted by atomic mass is 127. The summed E-state index contributed by atoms with van der Waals surface area (Å²) in [7, 11) is 1.85. The van der Waals surface area contributed by atoms with Gasteiger partial charge in [-0.25, -0.2) is 0 Å². The summed E-state index contributed by atoms with van der Waals surface area (Å²) in [5, 5.41) is 6.98. The minimum Gasteiger partial charge on any atom is -0.369 e. The van der Waals surface area contributed by atoms with Gasteiger partial charge in [0, 0.05) is 42.4 Å². The lowest BCUT2D eigenvalue weighted by molar-refractivity contribution is 0.648. The molecule has 1 unspecified atom stereocenters. The monoisotopic (exact) mass is 464 g/mol. The zero-order valence-corrected chi connectivity index (χ0v) is 16.1. The standard InChI is InChI=1S/C15H21BrN4.HI/c1-17-15(18-12-4-5-12)19-13-8-9-20(10-13)14-6-2-11(16)3-7-14;/h2-3,6-7,12-13H,4-5,8-10H2,1H3,(H2,17,18,19);1H. The SMILES string of the molecule is CN=C(NC1CC1)NC1CCN(c2ccc(Br)cc2)C1.I. The zero-order valence-electron chi connectivity index (χ0n) is 12.2. The number of rotatable bonds is 3. The predicted molar refractivity (Wildman–Crippen MR) is 103 cm³/mol. The van der Waals surface area contributed by atoms with Gasteiger partial charge in [-0.2, -0.15) is 0 Å². The Balaban J connectivity index is 0.00000161. The molecule has 1 aromatic carbocycles. The number of aliphatic imine (C=N–C) groups is 1. The van der Waals surface area contributed by atoms with Crippen LogP contribution in [0.25, 0.3) is 0 Å². The summed E-state index contributed by atoms with van der Waals surface area (Å²) in [5.74, 6) is 0.954. The first kappa shape index (κ1) is 16.9. The van der Waals surface area contributed by atoms with Gasteiger partial charge in [0.25, 0.3) is 0 Å². The molecule has 21 heavy (non-hydrogen) atoms. The van der Waals surface area contributed by atoms with Crippen LogP contribution < -0.4 is 15.5 Å². The lowest BCUT2D eigenvalue weighted by atomic mass is 10.3. The fraction of sp³-hybridized carbons (Fsp3) is 0.533. The number of hydrogen-bond donors (Lipinski definition) is 2. The van der Waals surface area contributed by atoms with Crippen LogP contribution in [0, 0.1) is 0 Å². The molecule has 0 bridgehead atoms. The van der Waals surface area contributed by atoms with E-state index in [0.29, 0.717) is 12.1 Å². The van der Waals surface area contributed by atoms with Crippen molar-refractivity contribution >= 4 is 51.6 Å². The Morgan fingerprint density at radius 3 is 2.43 bits per heavy atom. The maximum Gasteiger partial charge on any atom is 0.191 e. The normalized spacial score (nSPS) is 21.9. The number of anilines is 1. The second-order valence-corrected chi connectivity index (χ2v) is 6.46. The van der Waals surface area contributed by atoms with Gasteiger partial charge in [-0.15, -0.1) is 24.0 Å². The molecule has 1 aromatic rings. The van der Waals surface area contributed by atoms with Crippen LogP contribution >= 0.6 is 39.9 Å². The number of guanidine groups is 1. The molecule has 1 aliphatic heterocycles. The van der Waals surface area contributed by atoms with Gasteiger partial charge in [-0.05, 0) is 43.5 Å². The molecule has 6 heteroatoms. The first-order valence-electron chi connectivity index (χ1n) is 7.25. The Kier molecular flexibility index (Phi) is 6.16. The molecule has 2 N–H and O–H groups in total. The average Bonchev–Trinajstić information content (AvgIpc) is 3.15. The van der Waals surface area contributed by atoms with Gasteiger partial charge < -0.3 is 15.5 Å². The predicted octanol–water partition coefficient (Wildman–Crippen LogP) is 2.97. The molecule has 1 saturated carbocycles. The van der Waals surface area contributed by atoms with Crippen molar-refractivity contribution in [2.75, 3.05) is 25.0 Å². The van der Waals surface area contributed by atoms with Crippen LogP contribution in [0.15, 0.2) is 33.7 Å². The van der Waals surface area contributed by atoms with E-state index in [2.05, 4.69) is 60.7 Å². The lowest BCUT2D eigenvalue weighted by Crippen LogP contribution is -2.45. The van der Waals surface area contributed by atoms with Crippen molar-refractivity contribution in [3.05, 3.63) is 28.7 Å². The molecule has 0 spiro atoms. The van der Waals surface area contributed by atoms with E-state index in [1.54, 1.807) is 0 Å². The van der Waals surface area contributed by atoms with E-state index in [1.165, 1.54) is 18.5 Å². The van der Waals surface area contributed by atoms with Crippen molar-refractivity contribution in [2.24, 2.45) is 4.99 Å². The summed E-state index contributed by atoms with van der Waals surface area (Å²) in [6, 6.07) is 9.66. The van der Waals surface area contributed by atoms with Gasteiger partial charge >= 0.3 is 0 Å². The van der Waals surface area contributed by atoms with Crippen LogP contribution in [0.4, 0.5) is 5.69 Å². The summed E-state index contributed by atoms with van der Waals surface area (Å²) in [4.78, 5) is 6.74. The lowest BCUT2D eigenvalue weighted by Gasteiger charge is -2.20. The molecule has 1 aliphatic carbocycles. The van der Waals surface area contributed by atoms with Crippen molar-refractivity contribution in [1.29, 1.82) is 0 Å². The Morgan fingerprint density at radius 2 is 1.81 bits per heavy atom. The van der Waals surface area contributed by atoms with Crippen molar-refractivity contribution in [2.45, 2.75) is 31.3 Å². The molecule has 1 atom stereocenters. The van der Waals surface area contributed by atoms with Gasteiger partial charge in [0.2, 0.25) is 0 Å². The van der Waals surface area contributed by atoms with Crippen LogP contribution in [0.3, 0.4) is 0 Å². The minimum atomic E-state index is 0. The Morgan fingerprint density at radius 1 is 1.14 bits per heavy atom. The number of halogens is 2. The quantitative estimate of drug-likeness (QED) is 0.410. The topological polar surface area (TPSA) is 39.7 Å². The highest BCUT2D eigenvalue weighted by Gasteiger charge is 2.26. The van der Waals surface area contributed by atoms with Crippen LogP contribution in [0.5, 0.6) is 0 Å². The number of nitrogens with zero attached hydrogens (tertiary/aromatic N) is 2. The molecular formula is C15H22BrIN4. The Hall–Kier alpha value is -0.500. The maximum atomic E-state index is 4.31. The fourth-order valence-corrected chi connectivity index (χ4v) is 2.81. The van der Waals surface area contributed by atoms with E-state index in [9.17, 15) is 0 Å². The van der Waals surface area contributed by atoms with Crippen LogP contribution in [0.1, 0.15) is 19.3 Å². The van der Waals surface area contributed by atoms with Crippen molar-refractivity contribution in [1.82, 2.24) is 10.6 Å². The molecule has 3 rings (SSSR count). The van der Waals surface area contributed by atoms with Gasteiger partial charge in [-0.1, -0.05) is 15.9 Å². The molecule has 0 amide bonds. The van der Waals surface area contributed by atoms with Crippen LogP contribution in [-0.4, -0.2) is 38.2 Å². The largest absolute Gasteiger partial charge is 0.369 e. The third-order valence-corrected chi connectivity index (χ3v) is 4.39. The summed E-state index contributed by atoms with van der Waals surface area (Å²) in [5.41, 5.74) is 1.29. The molecule has 1 saturated heterocycles. The van der Waals surface area contributed by atoms with Gasteiger partial charge in [-0.3, -0.25) is 4.99 Å². The second-order valence-electron chi connectivity index (χ2n) is 5.54. The number of hydrogen-bond acceptors (Lipinski definition) is 2. The van der Waals surface area contributed by atoms with Gasteiger partial charge in [0.15, 0.2) is 5.96 Å². The van der Waals surface area contributed by atoms with E-state index in [1.807, 2.05) is 7.05 Å². The highest BCUT2D eigenvalue weighted by molar-refractivity contribution is 14.0. The van der Waals surface area contributed by atoms with E-state index >= 15 is 0 Å². The van der Waals surface area contributed by atoms with Gasteiger partial charge in [0.1, 0.15) is 0 Å². The third-order valence-electron chi connectivity index (χ3n) is 3.86. The Labute approximate surface area is 151 Å². The highest BCUT2D eigenvalue weighted by Crippen LogP contribution is 2.23. The number of nitrogens with one attached hydrogen (secondary N) is 2. The van der Waals surface area contributed by atoms with E-state index in [0.717, 1.165) is 29.9 Å². The fourth-order valence-electron chi connectivity index (χ4n) is 2.55. The molecule has 0 radical (unpaired) electrons. The first-order chi connectivity index (χ1) is 9.74.